The van der Waals surface area contributed by atoms with Crippen molar-refractivity contribution >= 4 is 0 Å². The van der Waals surface area contributed by atoms with Gasteiger partial charge in [-0.05, 0) is 18.1 Å². The van der Waals surface area contributed by atoms with Gasteiger partial charge in [-0.1, -0.05) is 31.2 Å². The van der Waals surface area contributed by atoms with Crippen molar-refractivity contribution in [3.63, 3.8) is 0 Å². The first kappa shape index (κ1) is 12.1. The van der Waals surface area contributed by atoms with Crippen molar-refractivity contribution in [2.24, 2.45) is 7.05 Å². The summed E-state index contributed by atoms with van der Waals surface area (Å²) >= 11 is 0. The molecule has 2 rings (SSSR count). The second-order valence-electron chi connectivity index (χ2n) is 4.03. The number of aromatic nitrogens is 2. The van der Waals surface area contributed by atoms with Gasteiger partial charge in [0.1, 0.15) is 11.6 Å². The summed E-state index contributed by atoms with van der Waals surface area (Å²) in [5.41, 5.74) is 2.52. The third kappa shape index (κ3) is 2.16. The molecule has 1 aromatic heterocycles. The van der Waals surface area contributed by atoms with Gasteiger partial charge in [0.05, 0.1) is 5.69 Å². The average molecular weight is 239 g/mol. The minimum absolute atomic E-state index is 0.113. The average Bonchev–Trinajstić information content (AvgIpc) is 2.42. The molecule has 1 heterocycles. The van der Waals surface area contributed by atoms with E-state index >= 15 is 0 Å². The van der Waals surface area contributed by atoms with Crippen LogP contribution in [0.15, 0.2) is 35.1 Å². The van der Waals surface area contributed by atoms with Gasteiger partial charge in [0.2, 0.25) is 0 Å². The molecule has 0 bridgehead atoms. The van der Waals surface area contributed by atoms with E-state index in [0.29, 0.717) is 5.69 Å². The maximum Gasteiger partial charge on any atom is 0.284 e. The molecule has 0 spiro atoms. The molecule has 0 atom stereocenters. The first-order valence-corrected chi connectivity index (χ1v) is 5.73. The third-order valence-corrected chi connectivity index (χ3v) is 2.84. The molecule has 0 radical (unpaired) electrons. The van der Waals surface area contributed by atoms with Gasteiger partial charge in [-0.25, -0.2) is 4.68 Å². The van der Waals surface area contributed by atoms with Crippen molar-refractivity contribution in [1.82, 2.24) is 9.78 Å². The summed E-state index contributed by atoms with van der Waals surface area (Å²) in [6.45, 7) is 2.09. The Morgan fingerprint density at radius 3 is 2.56 bits per heavy atom. The fraction of sp³-hybridized carbons (Fsp3) is 0.214. The highest BCUT2D eigenvalue weighted by Crippen LogP contribution is 2.17. The van der Waals surface area contributed by atoms with Crippen LogP contribution in [0.25, 0.3) is 11.3 Å². The van der Waals surface area contributed by atoms with E-state index < -0.39 is 0 Å². The Kier molecular flexibility index (Phi) is 3.24. The van der Waals surface area contributed by atoms with Crippen molar-refractivity contribution in [2.45, 2.75) is 13.3 Å². The lowest BCUT2D eigenvalue weighted by molar-refractivity contribution is 0.709. The Morgan fingerprint density at radius 1 is 1.33 bits per heavy atom. The summed E-state index contributed by atoms with van der Waals surface area (Å²) in [5.74, 6) is 0. The van der Waals surface area contributed by atoms with Gasteiger partial charge >= 0.3 is 0 Å². The predicted molar refractivity (Wildman–Crippen MR) is 69.0 cm³/mol. The van der Waals surface area contributed by atoms with Gasteiger partial charge in [-0.15, -0.1) is 0 Å². The van der Waals surface area contributed by atoms with E-state index in [1.807, 2.05) is 30.3 Å². The molecule has 18 heavy (non-hydrogen) atoms. The molecule has 0 aliphatic carbocycles. The molecule has 0 amide bonds. The molecule has 90 valence electrons. The molecule has 1 aromatic carbocycles. The molecule has 4 heteroatoms. The van der Waals surface area contributed by atoms with Crippen LogP contribution in [0, 0.1) is 11.3 Å². The van der Waals surface area contributed by atoms with E-state index in [4.69, 9.17) is 5.26 Å². The summed E-state index contributed by atoms with van der Waals surface area (Å²) in [6, 6.07) is 11.4. The second kappa shape index (κ2) is 4.84. The predicted octanol–water partition coefficient (Wildman–Crippen LogP) is 1.88. The topological polar surface area (TPSA) is 58.7 Å². The monoisotopic (exact) mass is 239 g/mol. The molecule has 0 aliphatic rings. The molecular formula is C14H13N3O. The summed E-state index contributed by atoms with van der Waals surface area (Å²) in [6.07, 6.45) is 0.977. The number of hydrogen-bond acceptors (Lipinski definition) is 3. The highest BCUT2D eigenvalue weighted by molar-refractivity contribution is 5.60. The van der Waals surface area contributed by atoms with Crippen molar-refractivity contribution in [3.8, 4) is 17.3 Å². The first-order chi connectivity index (χ1) is 8.65. The smallest absolute Gasteiger partial charge is 0.266 e. The number of hydrogen-bond donors (Lipinski definition) is 0. The normalized spacial score (nSPS) is 10.1. The zero-order valence-corrected chi connectivity index (χ0v) is 10.3. The van der Waals surface area contributed by atoms with Crippen molar-refractivity contribution in [2.75, 3.05) is 0 Å². The number of nitriles is 1. The number of rotatable bonds is 2. The zero-order chi connectivity index (χ0) is 13.1. The lowest BCUT2D eigenvalue weighted by atomic mass is 10.1. The highest BCUT2D eigenvalue weighted by atomic mass is 16.1. The molecule has 0 fully saturated rings. The molecule has 0 unspecified atom stereocenters. The molecule has 0 saturated heterocycles. The lowest BCUT2D eigenvalue weighted by Crippen LogP contribution is -2.22. The molecule has 0 saturated carbocycles. The van der Waals surface area contributed by atoms with Crippen LogP contribution < -0.4 is 5.56 Å². The van der Waals surface area contributed by atoms with Gasteiger partial charge < -0.3 is 0 Å². The fourth-order valence-electron chi connectivity index (χ4n) is 1.74. The standard InChI is InChI=1S/C14H13N3O/c1-3-10-4-6-11(7-5-10)13-8-12(9-15)14(18)17(2)16-13/h4-8H,3H2,1-2H3. The zero-order valence-electron chi connectivity index (χ0n) is 10.3. The van der Waals surface area contributed by atoms with Crippen LogP contribution in [0.2, 0.25) is 0 Å². The lowest BCUT2D eigenvalue weighted by Gasteiger charge is -2.05. The quantitative estimate of drug-likeness (QED) is 0.804. The maximum absolute atomic E-state index is 11.6. The van der Waals surface area contributed by atoms with E-state index in [1.165, 1.54) is 16.3 Å². The highest BCUT2D eigenvalue weighted by Gasteiger charge is 2.07. The summed E-state index contributed by atoms with van der Waals surface area (Å²) in [4.78, 5) is 11.6. The minimum Gasteiger partial charge on any atom is -0.266 e. The van der Waals surface area contributed by atoms with Crippen LogP contribution >= 0.6 is 0 Å². The molecule has 4 nitrogen and oxygen atoms in total. The Balaban J connectivity index is 2.54. The van der Waals surface area contributed by atoms with E-state index in [9.17, 15) is 4.79 Å². The van der Waals surface area contributed by atoms with Gasteiger partial charge in [-0.2, -0.15) is 10.4 Å². The van der Waals surface area contributed by atoms with Crippen LogP contribution in [0.4, 0.5) is 0 Å². The van der Waals surface area contributed by atoms with Gasteiger partial charge in [-0.3, -0.25) is 4.79 Å². The molecule has 0 aliphatic heterocycles. The summed E-state index contributed by atoms with van der Waals surface area (Å²) in [7, 11) is 1.55. The van der Waals surface area contributed by atoms with Crippen molar-refractivity contribution < 1.29 is 0 Å². The second-order valence-corrected chi connectivity index (χ2v) is 4.03. The first-order valence-electron chi connectivity index (χ1n) is 5.73. The van der Waals surface area contributed by atoms with Gasteiger partial charge in [0.15, 0.2) is 0 Å². The largest absolute Gasteiger partial charge is 0.284 e. The Bertz CT molecular complexity index is 663. The SMILES string of the molecule is CCc1ccc(-c2cc(C#N)c(=O)n(C)n2)cc1. The van der Waals surface area contributed by atoms with Crippen LogP contribution in [-0.4, -0.2) is 9.78 Å². The third-order valence-electron chi connectivity index (χ3n) is 2.84. The van der Waals surface area contributed by atoms with Crippen molar-refractivity contribution in [3.05, 3.63) is 51.8 Å². The number of aryl methyl sites for hydroxylation is 2. The number of benzene rings is 1. The van der Waals surface area contributed by atoms with Gasteiger partial charge in [0.25, 0.3) is 5.56 Å². The Morgan fingerprint density at radius 2 is 2.00 bits per heavy atom. The van der Waals surface area contributed by atoms with Crippen LogP contribution in [0.3, 0.4) is 0 Å². The van der Waals surface area contributed by atoms with Gasteiger partial charge in [0, 0.05) is 12.6 Å². The van der Waals surface area contributed by atoms with E-state index in [2.05, 4.69) is 12.0 Å². The molecule has 2 aromatic rings. The molecule has 0 N–H and O–H groups in total. The molecular weight excluding hydrogens is 226 g/mol. The van der Waals surface area contributed by atoms with E-state index in [-0.39, 0.29) is 11.1 Å². The van der Waals surface area contributed by atoms with E-state index in [0.717, 1.165) is 12.0 Å². The fourth-order valence-corrected chi connectivity index (χ4v) is 1.74. The Hall–Kier alpha value is -2.41. The van der Waals surface area contributed by atoms with Crippen molar-refractivity contribution in [1.29, 1.82) is 5.26 Å². The summed E-state index contributed by atoms with van der Waals surface area (Å²) in [5, 5.41) is 13.1. The summed E-state index contributed by atoms with van der Waals surface area (Å²) < 4.78 is 1.20. The van der Waals surface area contributed by atoms with Crippen LogP contribution in [0.1, 0.15) is 18.1 Å². The van der Waals surface area contributed by atoms with Crippen LogP contribution in [-0.2, 0) is 13.5 Å². The maximum atomic E-state index is 11.6. The van der Waals surface area contributed by atoms with E-state index in [1.54, 1.807) is 7.05 Å². The number of nitrogens with zero attached hydrogens (tertiary/aromatic N) is 3. The minimum atomic E-state index is -0.369. The van der Waals surface area contributed by atoms with Crippen LogP contribution in [0.5, 0.6) is 0 Å². The Labute approximate surface area is 105 Å².